The zero-order valence-corrected chi connectivity index (χ0v) is 7.51. The summed E-state index contributed by atoms with van der Waals surface area (Å²) in [6, 6.07) is 1.74. The SMILES string of the molecule is [N-]=[N+]=NCCC#Cc1cncc(N)c1. The van der Waals surface area contributed by atoms with Crippen molar-refractivity contribution in [3.63, 3.8) is 0 Å². The van der Waals surface area contributed by atoms with Crippen LogP contribution in [0.25, 0.3) is 10.4 Å². The van der Waals surface area contributed by atoms with E-state index in [2.05, 4.69) is 26.9 Å². The lowest BCUT2D eigenvalue weighted by molar-refractivity contribution is 1.01. The first-order valence-electron chi connectivity index (χ1n) is 4.03. The molecule has 0 fully saturated rings. The van der Waals surface area contributed by atoms with Gasteiger partial charge in [-0.1, -0.05) is 17.0 Å². The molecule has 0 spiro atoms. The van der Waals surface area contributed by atoms with Crippen LogP contribution in [0, 0.1) is 11.8 Å². The van der Waals surface area contributed by atoms with E-state index in [1.165, 1.54) is 0 Å². The van der Waals surface area contributed by atoms with Crippen molar-refractivity contribution in [2.45, 2.75) is 6.42 Å². The smallest absolute Gasteiger partial charge is 0.0513 e. The molecule has 0 aliphatic heterocycles. The van der Waals surface area contributed by atoms with Gasteiger partial charge in [-0.15, -0.1) is 0 Å². The largest absolute Gasteiger partial charge is 0.397 e. The van der Waals surface area contributed by atoms with Crippen molar-refractivity contribution in [1.82, 2.24) is 4.98 Å². The minimum absolute atomic E-state index is 0.388. The monoisotopic (exact) mass is 187 g/mol. The minimum atomic E-state index is 0.388. The Balaban J connectivity index is 2.54. The molecule has 0 aliphatic carbocycles. The Morgan fingerprint density at radius 1 is 1.57 bits per heavy atom. The maximum absolute atomic E-state index is 8.00. The van der Waals surface area contributed by atoms with Crippen LogP contribution >= 0.6 is 0 Å². The van der Waals surface area contributed by atoms with E-state index >= 15 is 0 Å². The number of nitrogens with two attached hydrogens (primary N) is 1. The molecule has 0 amide bonds. The standard InChI is InChI=1S/C9H9N5/c10-9-5-8(6-12-7-9)3-1-2-4-13-14-11/h5-7H,2,4,10H2. The first-order valence-corrected chi connectivity index (χ1v) is 4.03. The van der Waals surface area contributed by atoms with E-state index in [-0.39, 0.29) is 0 Å². The quantitative estimate of drug-likeness (QED) is 0.251. The average molecular weight is 187 g/mol. The third-order valence-corrected chi connectivity index (χ3v) is 1.39. The molecule has 70 valence electrons. The van der Waals surface area contributed by atoms with Crippen LogP contribution in [-0.2, 0) is 0 Å². The third kappa shape index (κ3) is 3.48. The molecule has 0 atom stereocenters. The molecule has 0 aliphatic rings. The number of hydrogen-bond donors (Lipinski definition) is 1. The summed E-state index contributed by atoms with van der Waals surface area (Å²) in [6.07, 6.45) is 3.74. The van der Waals surface area contributed by atoms with E-state index < -0.39 is 0 Å². The van der Waals surface area contributed by atoms with E-state index in [9.17, 15) is 0 Å². The first-order chi connectivity index (χ1) is 6.83. The van der Waals surface area contributed by atoms with Crippen LogP contribution in [0.15, 0.2) is 23.6 Å². The van der Waals surface area contributed by atoms with Crippen LogP contribution in [0.2, 0.25) is 0 Å². The molecular formula is C9H9N5. The summed E-state index contributed by atoms with van der Waals surface area (Å²) >= 11 is 0. The highest BCUT2D eigenvalue weighted by atomic mass is 15.1. The predicted octanol–water partition coefficient (Wildman–Crippen LogP) is 1.72. The molecule has 0 unspecified atom stereocenters. The van der Waals surface area contributed by atoms with Gasteiger partial charge in [-0.05, 0) is 11.6 Å². The number of nitrogens with zero attached hydrogens (tertiary/aromatic N) is 4. The van der Waals surface area contributed by atoms with E-state index in [4.69, 9.17) is 11.3 Å². The Bertz CT molecular complexity index is 409. The maximum Gasteiger partial charge on any atom is 0.0513 e. The van der Waals surface area contributed by atoms with Gasteiger partial charge in [-0.25, -0.2) is 0 Å². The van der Waals surface area contributed by atoms with Gasteiger partial charge >= 0.3 is 0 Å². The van der Waals surface area contributed by atoms with Gasteiger partial charge in [-0.3, -0.25) is 4.98 Å². The molecule has 0 saturated carbocycles. The van der Waals surface area contributed by atoms with E-state index in [1.807, 2.05) is 0 Å². The van der Waals surface area contributed by atoms with Crippen molar-refractivity contribution in [1.29, 1.82) is 0 Å². The molecule has 5 nitrogen and oxygen atoms in total. The molecule has 0 saturated heterocycles. The highest BCUT2D eigenvalue weighted by molar-refractivity contribution is 5.43. The molecule has 14 heavy (non-hydrogen) atoms. The first kappa shape index (κ1) is 9.90. The lowest BCUT2D eigenvalue weighted by Crippen LogP contribution is -1.87. The van der Waals surface area contributed by atoms with Gasteiger partial charge in [0, 0.05) is 35.8 Å². The number of pyridine rings is 1. The van der Waals surface area contributed by atoms with Crippen LogP contribution < -0.4 is 5.73 Å². The molecule has 1 aromatic heterocycles. The Morgan fingerprint density at radius 2 is 2.43 bits per heavy atom. The number of anilines is 1. The number of rotatable bonds is 2. The summed E-state index contributed by atoms with van der Waals surface area (Å²) in [5.74, 6) is 5.72. The summed E-state index contributed by atoms with van der Waals surface area (Å²) < 4.78 is 0. The molecule has 1 rings (SSSR count). The summed E-state index contributed by atoms with van der Waals surface area (Å²) in [5, 5.41) is 3.36. The van der Waals surface area contributed by atoms with Crippen LogP contribution in [0.4, 0.5) is 5.69 Å². The fourth-order valence-corrected chi connectivity index (χ4v) is 0.841. The molecule has 5 heteroatoms. The highest BCUT2D eigenvalue weighted by Crippen LogP contribution is 2.01. The molecule has 0 radical (unpaired) electrons. The van der Waals surface area contributed by atoms with Gasteiger partial charge in [0.1, 0.15) is 0 Å². The Hall–Kier alpha value is -2.18. The summed E-state index contributed by atoms with van der Waals surface area (Å²) in [6.45, 7) is 0.388. The topological polar surface area (TPSA) is 87.7 Å². The van der Waals surface area contributed by atoms with Crippen LogP contribution in [-0.4, -0.2) is 11.5 Å². The third-order valence-electron chi connectivity index (χ3n) is 1.39. The molecule has 0 bridgehead atoms. The summed E-state index contributed by atoms with van der Waals surface area (Å²) in [7, 11) is 0. The summed E-state index contributed by atoms with van der Waals surface area (Å²) in [4.78, 5) is 6.51. The second-order valence-corrected chi connectivity index (χ2v) is 2.51. The Kier molecular flexibility index (Phi) is 3.86. The molecule has 0 aromatic carbocycles. The van der Waals surface area contributed by atoms with Crippen molar-refractivity contribution >= 4 is 5.69 Å². The lowest BCUT2D eigenvalue weighted by atomic mass is 10.2. The zero-order chi connectivity index (χ0) is 10.2. The lowest BCUT2D eigenvalue weighted by Gasteiger charge is -1.91. The normalized spacial score (nSPS) is 8.29. The van der Waals surface area contributed by atoms with Crippen molar-refractivity contribution in [2.24, 2.45) is 5.11 Å². The van der Waals surface area contributed by atoms with Crippen LogP contribution in [0.1, 0.15) is 12.0 Å². The Labute approximate surface area is 81.6 Å². The minimum Gasteiger partial charge on any atom is -0.397 e. The van der Waals surface area contributed by atoms with Crippen molar-refractivity contribution in [3.05, 3.63) is 34.5 Å². The number of nitrogen functional groups attached to an aromatic ring is 1. The number of aromatic nitrogens is 1. The van der Waals surface area contributed by atoms with Gasteiger partial charge in [0.2, 0.25) is 0 Å². The number of hydrogen-bond acceptors (Lipinski definition) is 3. The van der Waals surface area contributed by atoms with Gasteiger partial charge in [-0.2, -0.15) is 0 Å². The van der Waals surface area contributed by atoms with E-state index in [0.717, 1.165) is 5.56 Å². The average Bonchev–Trinajstić information content (AvgIpc) is 2.18. The second kappa shape index (κ2) is 5.46. The van der Waals surface area contributed by atoms with Gasteiger partial charge < -0.3 is 5.73 Å². The molecule has 1 heterocycles. The van der Waals surface area contributed by atoms with Crippen LogP contribution in [0.5, 0.6) is 0 Å². The fourth-order valence-electron chi connectivity index (χ4n) is 0.841. The molecule has 2 N–H and O–H groups in total. The number of azide groups is 1. The summed E-state index contributed by atoms with van der Waals surface area (Å²) in [5.41, 5.74) is 14.9. The molecular weight excluding hydrogens is 178 g/mol. The van der Waals surface area contributed by atoms with Crippen molar-refractivity contribution < 1.29 is 0 Å². The van der Waals surface area contributed by atoms with Gasteiger partial charge in [0.15, 0.2) is 0 Å². The van der Waals surface area contributed by atoms with Gasteiger partial charge in [0.05, 0.1) is 5.69 Å². The van der Waals surface area contributed by atoms with E-state index in [1.54, 1.807) is 18.5 Å². The second-order valence-electron chi connectivity index (χ2n) is 2.51. The predicted molar refractivity (Wildman–Crippen MR) is 54.2 cm³/mol. The van der Waals surface area contributed by atoms with Crippen LogP contribution in [0.3, 0.4) is 0 Å². The zero-order valence-electron chi connectivity index (χ0n) is 7.51. The highest BCUT2D eigenvalue weighted by Gasteiger charge is 1.87. The van der Waals surface area contributed by atoms with E-state index in [0.29, 0.717) is 18.7 Å². The van der Waals surface area contributed by atoms with Crippen molar-refractivity contribution in [3.8, 4) is 11.8 Å². The fraction of sp³-hybridized carbons (Fsp3) is 0.222. The van der Waals surface area contributed by atoms with Crippen molar-refractivity contribution in [2.75, 3.05) is 12.3 Å². The maximum atomic E-state index is 8.00. The van der Waals surface area contributed by atoms with Gasteiger partial charge in [0.25, 0.3) is 0 Å². The Morgan fingerprint density at radius 3 is 3.14 bits per heavy atom. The molecule has 1 aromatic rings.